The lowest BCUT2D eigenvalue weighted by Gasteiger charge is -2.30. The zero-order valence-electron chi connectivity index (χ0n) is 82.5. The number of nitrogens with zero attached hydrogens (tertiary/aromatic N) is 9. The molecule has 25 rings (SSSR count). The lowest BCUT2D eigenvalue weighted by molar-refractivity contribution is 1.17. The number of fused-ring (bicyclic) bond motifs is 8. The minimum Gasteiger partial charge on any atom is -0.344 e. The largest absolute Gasteiger partial charge is 0.344 e. The predicted octanol–water partition coefficient (Wildman–Crippen LogP) is 39.0. The molecule has 0 atom stereocenters. The number of benzene rings is 23. The minimum atomic E-state index is 1.05. The van der Waals surface area contributed by atoms with E-state index in [1.54, 1.807) is 0 Å². The molecule has 0 saturated carbocycles. The van der Waals surface area contributed by atoms with Gasteiger partial charge in [0.2, 0.25) is 0 Å². The van der Waals surface area contributed by atoms with Gasteiger partial charge in [-0.25, -0.2) is 0 Å². The van der Waals surface area contributed by atoms with Gasteiger partial charge in [-0.2, -0.15) is 0 Å². The summed E-state index contributed by atoms with van der Waals surface area (Å²) >= 11 is 0. The van der Waals surface area contributed by atoms with Crippen LogP contribution in [0.2, 0.25) is 0 Å². The molecule has 9 nitrogen and oxygen atoms in total. The van der Waals surface area contributed by atoms with E-state index < -0.39 is 0 Å². The van der Waals surface area contributed by atoms with Crippen LogP contribution >= 0.6 is 9.03 Å². The van der Waals surface area contributed by atoms with Crippen LogP contribution in [0.1, 0.15) is 16.7 Å². The van der Waals surface area contributed by atoms with Gasteiger partial charge in [0, 0.05) is 135 Å². The van der Waals surface area contributed by atoms with Crippen molar-refractivity contribution in [1.82, 2.24) is 9.13 Å². The van der Waals surface area contributed by atoms with Crippen LogP contribution in [-0.2, 0) is 0 Å². The number of aryl methyl sites for hydroxylation is 3. The maximum absolute atomic E-state index is 4.39. The number of anilines is 18. The van der Waals surface area contributed by atoms with Gasteiger partial charge in [-0.3, -0.25) is 0 Å². The molecule has 0 N–H and O–H groups in total. The Hall–Kier alpha value is -18.9. The summed E-state index contributed by atoms with van der Waals surface area (Å²) in [4.78, 5) is 14.0. The fraction of sp³-hybridized carbons (Fsp3) is 0.0219. The summed E-state index contributed by atoms with van der Waals surface area (Å²) in [7, 11) is 6.97. The number of hydrogen-bond acceptors (Lipinski definition) is 7. The molecule has 0 saturated heterocycles. The second-order valence-electron chi connectivity index (χ2n) is 36.8. The van der Waals surface area contributed by atoms with Gasteiger partial charge < -0.3 is 43.2 Å². The first-order valence-corrected chi connectivity index (χ1v) is 50.5. The number of hydrogen-bond donors (Lipinski definition) is 0. The van der Waals surface area contributed by atoms with Gasteiger partial charge in [-0.15, -0.1) is 0 Å². The Bertz CT molecular complexity index is 8170. The average molecular weight is 1920 g/mol. The fourth-order valence-electron chi connectivity index (χ4n) is 20.5. The summed E-state index contributed by atoms with van der Waals surface area (Å²) in [6.45, 7) is 6.43. The van der Waals surface area contributed by atoms with E-state index in [1.165, 1.54) is 115 Å². The molecule has 148 heavy (non-hydrogen) atoms. The third-order valence-electron chi connectivity index (χ3n) is 27.3. The Morgan fingerprint density at radius 2 is 0.365 bits per heavy atom. The van der Waals surface area contributed by atoms with Gasteiger partial charge in [0.1, 0.15) is 0 Å². The number of aromatic nitrogens is 2. The van der Waals surface area contributed by atoms with Crippen LogP contribution in [0.25, 0.3) is 98.8 Å². The van der Waals surface area contributed by atoms with E-state index in [4.69, 9.17) is 0 Å². The molecule has 0 amide bonds. The summed E-state index contributed by atoms with van der Waals surface area (Å²) in [6.07, 6.45) is 0. The van der Waals surface area contributed by atoms with Crippen molar-refractivity contribution in [2.24, 2.45) is 4.66 Å². The van der Waals surface area contributed by atoms with Crippen LogP contribution in [-0.4, -0.2) is 17.1 Å². The van der Waals surface area contributed by atoms with Crippen LogP contribution < -0.4 is 29.4 Å². The molecule has 2 aromatic heterocycles. The molecule has 23 aromatic carbocycles. The molecule has 0 fully saturated rings. The molecule has 706 valence electrons. The highest BCUT2D eigenvalue weighted by Crippen LogP contribution is 2.48. The zero-order valence-corrected chi connectivity index (χ0v) is 83.5. The van der Waals surface area contributed by atoms with Gasteiger partial charge in [-0.1, -0.05) is 322 Å². The molecule has 25 aromatic rings. The van der Waals surface area contributed by atoms with Crippen molar-refractivity contribution in [3.8, 4) is 33.6 Å². The summed E-state index contributed by atoms with van der Waals surface area (Å²) in [5.74, 6) is 0. The van der Waals surface area contributed by atoms with E-state index >= 15 is 0 Å². The Morgan fingerprint density at radius 1 is 0.169 bits per heavy atom. The standard InChI is InChI=1S/C57H48N4.C44H32N2.C36H24N2.BHNP/c1-43-16-13-25-55(40-43)59(46-19-7-4-8-20-46)52-34-28-49(29-35-52)58(50-30-36-53(37-31-50)60(47-21-9-5-10-22-47)56-26-14-17-44(2)41-56)51-32-38-54(39-33-51)61(48-23-11-6-12-24-48)57-27-15-18-45(3)42-57;1-3-17-37(18-4-1)45(43-23-11-15-35-13-7-9-21-41(35)43)39-29-25-33(26-30-39)34-27-31-40(32-28-34)46(38-19-5-2-6-20-38)44-24-12-16-36-14-8-10-22-42(36)44;1-5-19-33-29(15-1)30-16-2-6-20-34(30)37(33)27-13-9-11-25(23-27)26-12-10-14-28(24-26)38-35-21-7-3-17-31(35)32-18-4-8-22-36(32)38;1-2-3/h4-42H,1-3H3;1-32H;1-24H;3H. The maximum Gasteiger partial charge on any atom is 0.265 e. The molecule has 0 aliphatic heterocycles. The van der Waals surface area contributed by atoms with Crippen molar-refractivity contribution in [2.45, 2.75) is 20.8 Å². The topological polar surface area (TPSA) is 41.7 Å². The van der Waals surface area contributed by atoms with E-state index in [1.807, 2.05) is 0 Å². The molecule has 0 aliphatic rings. The quantitative estimate of drug-likeness (QED) is 0.0498. The van der Waals surface area contributed by atoms with E-state index in [2.05, 4.69) is 657 Å². The van der Waals surface area contributed by atoms with Crippen LogP contribution in [0, 0.1) is 20.8 Å². The van der Waals surface area contributed by atoms with Crippen molar-refractivity contribution in [2.75, 3.05) is 29.4 Å². The van der Waals surface area contributed by atoms with Crippen molar-refractivity contribution in [3.63, 3.8) is 0 Å². The van der Waals surface area contributed by atoms with Gasteiger partial charge in [-0.05, 0) is 334 Å². The van der Waals surface area contributed by atoms with E-state index in [-0.39, 0.29) is 0 Å². The third kappa shape index (κ3) is 19.9. The second kappa shape index (κ2) is 43.5. The molecule has 0 unspecified atom stereocenters. The predicted molar refractivity (Wildman–Crippen MR) is 633 cm³/mol. The molecule has 2 heterocycles. The lowest BCUT2D eigenvalue weighted by Crippen LogP contribution is -2.14. The maximum atomic E-state index is 4.39. The Balaban J connectivity index is 0.000000128. The highest BCUT2D eigenvalue weighted by molar-refractivity contribution is 7.05. The van der Waals surface area contributed by atoms with E-state index in [0.717, 1.165) is 102 Å². The Kier molecular flexibility index (Phi) is 27.7. The SMILES string of the molecule is Cc1cccc(N(c2ccccc2)c2ccc(N(c3ccc(N(c4ccccc4)c4cccc(C)c4)cc3)c3ccc(N(c4ccccc4)c4cccc(C)c4)cc3)cc2)c1.[B]N=P.c1cc(-c2cccc(-n3c4ccccc4c4ccccc43)c2)cc(-n2c3ccccc3c3ccccc32)c1.c1ccc(N(c2ccc(-c3ccc(N(c4ccccc4)c4cccc5ccccc45)cc3)cc2)c2cccc3ccccc23)cc1. The van der Waals surface area contributed by atoms with Crippen LogP contribution in [0.15, 0.2) is 581 Å². The molecular formula is C137H105BN9P. The first-order chi connectivity index (χ1) is 73.1. The monoisotopic (exact) mass is 1920 g/mol. The van der Waals surface area contributed by atoms with Gasteiger partial charge in [0.05, 0.1) is 33.4 Å². The van der Waals surface area contributed by atoms with Crippen molar-refractivity contribution < 1.29 is 0 Å². The smallest absolute Gasteiger partial charge is 0.265 e. The number of para-hydroxylation sites is 9. The first kappa shape index (κ1) is 94.1. The lowest BCUT2D eigenvalue weighted by atomic mass is 10.0. The summed E-state index contributed by atoms with van der Waals surface area (Å²) in [5, 5.41) is 10.0. The van der Waals surface area contributed by atoms with E-state index in [0.29, 0.717) is 0 Å². The van der Waals surface area contributed by atoms with Crippen molar-refractivity contribution in [3.05, 3.63) is 593 Å². The Labute approximate surface area is 868 Å². The minimum absolute atomic E-state index is 1.05. The van der Waals surface area contributed by atoms with E-state index in [9.17, 15) is 0 Å². The summed E-state index contributed by atoms with van der Waals surface area (Å²) in [6, 6.07) is 206. The van der Waals surface area contributed by atoms with Crippen LogP contribution in [0.3, 0.4) is 0 Å². The van der Waals surface area contributed by atoms with Crippen LogP contribution in [0.4, 0.5) is 102 Å². The number of rotatable bonds is 22. The zero-order chi connectivity index (χ0) is 100. The van der Waals surface area contributed by atoms with Crippen molar-refractivity contribution in [1.29, 1.82) is 0 Å². The Morgan fingerprint density at radius 3 is 0.642 bits per heavy atom. The first-order valence-electron chi connectivity index (χ1n) is 50.1. The third-order valence-corrected chi connectivity index (χ3v) is 27.3. The van der Waals surface area contributed by atoms with Gasteiger partial charge >= 0.3 is 0 Å². The highest BCUT2D eigenvalue weighted by atomic mass is 31.0. The normalized spacial score (nSPS) is 11.0. The van der Waals surface area contributed by atoms with Gasteiger partial charge in [0.15, 0.2) is 0 Å². The molecule has 0 bridgehead atoms. The molecule has 2 radical (unpaired) electrons. The second-order valence-corrected chi connectivity index (χ2v) is 37.1. The summed E-state index contributed by atoms with van der Waals surface area (Å²) < 4.78 is 7.57. The highest BCUT2D eigenvalue weighted by Gasteiger charge is 2.25. The molecule has 0 spiro atoms. The van der Waals surface area contributed by atoms with Crippen LogP contribution in [0.5, 0.6) is 0 Å². The fourth-order valence-corrected chi connectivity index (χ4v) is 20.5. The molecule has 11 heteroatoms. The summed E-state index contributed by atoms with van der Waals surface area (Å²) in [5.41, 5.74) is 35.6. The van der Waals surface area contributed by atoms with Crippen molar-refractivity contribution >= 4 is 185 Å². The van der Waals surface area contributed by atoms with Gasteiger partial charge in [0.25, 0.3) is 7.98 Å². The molecule has 0 aliphatic carbocycles. The molecular weight excluding hydrogens is 1810 g/mol. The average Bonchev–Trinajstić information content (AvgIpc) is 1.61.